The van der Waals surface area contributed by atoms with Gasteiger partial charge in [0, 0.05) is 23.2 Å². The van der Waals surface area contributed by atoms with Crippen LogP contribution in [-0.4, -0.2) is 27.4 Å². The van der Waals surface area contributed by atoms with E-state index in [1.165, 1.54) is 0 Å². The van der Waals surface area contributed by atoms with Crippen LogP contribution in [-0.2, 0) is 9.47 Å². The molecule has 0 bridgehead atoms. The van der Waals surface area contributed by atoms with E-state index in [-0.39, 0.29) is 0 Å². The number of rotatable bonds is 6. The Morgan fingerprint density at radius 2 is 1.28 bits per heavy atom. The Morgan fingerprint density at radius 3 is 1.61 bits per heavy atom. The Balaban J connectivity index is 2.90. The zero-order valence-corrected chi connectivity index (χ0v) is 13.6. The van der Waals surface area contributed by atoms with Gasteiger partial charge >= 0.3 is 0 Å². The van der Waals surface area contributed by atoms with Crippen molar-refractivity contribution in [2.24, 2.45) is 0 Å². The number of ether oxygens (including phenoxy) is 2. The van der Waals surface area contributed by atoms with E-state index in [0.717, 1.165) is 20.1 Å². The summed E-state index contributed by atoms with van der Waals surface area (Å²) in [6.45, 7) is 1.22. The average Bonchev–Trinajstić information content (AvgIpc) is 2.35. The fourth-order valence-electron chi connectivity index (χ4n) is 1.38. The van der Waals surface area contributed by atoms with Crippen molar-refractivity contribution in [3.05, 3.63) is 44.4 Å². The predicted octanol–water partition coefficient (Wildman–Crippen LogP) is 4.53. The summed E-state index contributed by atoms with van der Waals surface area (Å²) >= 11 is 7.13. The lowest BCUT2D eigenvalue weighted by atomic mass is 10.1. The maximum atomic E-state index is 4.98. The van der Waals surface area contributed by atoms with Crippen LogP contribution in [0.3, 0.4) is 0 Å². The molecule has 0 aromatic heterocycles. The van der Waals surface area contributed by atoms with Gasteiger partial charge in [-0.3, -0.25) is 0 Å². The lowest BCUT2D eigenvalue weighted by Crippen LogP contribution is -1.85. The zero-order chi connectivity index (χ0) is 13.4. The van der Waals surface area contributed by atoms with E-state index in [2.05, 4.69) is 44.0 Å². The first-order valence-electron chi connectivity index (χ1n) is 5.49. The Kier molecular flexibility index (Phi) is 7.51. The minimum absolute atomic E-state index is 0.611. The van der Waals surface area contributed by atoms with Crippen LogP contribution in [0.25, 0.3) is 12.2 Å². The van der Waals surface area contributed by atoms with E-state index in [1.54, 1.807) is 14.2 Å². The topological polar surface area (TPSA) is 18.5 Å². The molecule has 0 spiro atoms. The molecule has 0 radical (unpaired) electrons. The van der Waals surface area contributed by atoms with Gasteiger partial charge in [-0.25, -0.2) is 0 Å². The first kappa shape index (κ1) is 15.6. The highest BCUT2D eigenvalue weighted by Gasteiger charge is 2.02. The van der Waals surface area contributed by atoms with Crippen LogP contribution in [0.5, 0.6) is 0 Å². The van der Waals surface area contributed by atoms with Crippen LogP contribution in [0, 0.1) is 0 Å². The Labute approximate surface area is 125 Å². The molecule has 0 aliphatic carbocycles. The average molecular weight is 376 g/mol. The SMILES string of the molecule is COCC=Cc1cc(Br)c(C=CCOC)cc1Br. The molecule has 0 saturated carbocycles. The van der Waals surface area contributed by atoms with Crippen molar-refractivity contribution in [1.82, 2.24) is 0 Å². The van der Waals surface area contributed by atoms with Crippen molar-refractivity contribution >= 4 is 44.0 Å². The molecule has 1 rings (SSSR count). The molecule has 18 heavy (non-hydrogen) atoms. The Hall–Kier alpha value is -0.420. The first-order chi connectivity index (χ1) is 8.69. The molecular weight excluding hydrogens is 360 g/mol. The molecule has 0 atom stereocenters. The van der Waals surface area contributed by atoms with Gasteiger partial charge in [0.25, 0.3) is 0 Å². The maximum absolute atomic E-state index is 4.98. The van der Waals surface area contributed by atoms with Gasteiger partial charge in [0.1, 0.15) is 0 Å². The second-order valence-electron chi connectivity index (χ2n) is 3.61. The molecule has 2 nitrogen and oxygen atoms in total. The molecule has 0 unspecified atom stereocenters. The molecule has 0 fully saturated rings. The third-order valence-electron chi connectivity index (χ3n) is 2.24. The molecule has 0 aliphatic rings. The second kappa shape index (κ2) is 8.64. The van der Waals surface area contributed by atoms with Crippen molar-refractivity contribution in [3.8, 4) is 0 Å². The van der Waals surface area contributed by atoms with Crippen molar-refractivity contribution in [2.75, 3.05) is 27.4 Å². The van der Waals surface area contributed by atoms with Gasteiger partial charge < -0.3 is 9.47 Å². The summed E-state index contributed by atoms with van der Waals surface area (Å²) in [4.78, 5) is 0. The standard InChI is InChI=1S/C14H16Br2O2/c1-17-7-3-5-11-9-14(16)12(10-13(11)15)6-4-8-18-2/h3-6,9-10H,7-8H2,1-2H3. The van der Waals surface area contributed by atoms with Crippen LogP contribution in [0.1, 0.15) is 11.1 Å². The van der Waals surface area contributed by atoms with E-state index in [1.807, 2.05) is 24.3 Å². The number of hydrogen-bond acceptors (Lipinski definition) is 2. The predicted molar refractivity (Wildman–Crippen MR) is 83.7 cm³/mol. The Bertz CT molecular complexity index is 398. The van der Waals surface area contributed by atoms with Crippen molar-refractivity contribution < 1.29 is 9.47 Å². The number of methoxy groups -OCH3 is 2. The first-order valence-corrected chi connectivity index (χ1v) is 7.07. The molecule has 1 aromatic carbocycles. The highest BCUT2D eigenvalue weighted by Crippen LogP contribution is 2.28. The van der Waals surface area contributed by atoms with Gasteiger partial charge in [0.2, 0.25) is 0 Å². The minimum Gasteiger partial charge on any atom is -0.381 e. The summed E-state index contributed by atoms with van der Waals surface area (Å²) in [7, 11) is 3.36. The molecule has 4 heteroatoms. The summed E-state index contributed by atoms with van der Waals surface area (Å²) in [6.07, 6.45) is 8.02. The maximum Gasteiger partial charge on any atom is 0.0646 e. The van der Waals surface area contributed by atoms with Crippen molar-refractivity contribution in [2.45, 2.75) is 0 Å². The second-order valence-corrected chi connectivity index (χ2v) is 5.32. The van der Waals surface area contributed by atoms with Crippen molar-refractivity contribution in [3.63, 3.8) is 0 Å². The third kappa shape index (κ3) is 5.06. The van der Waals surface area contributed by atoms with Gasteiger partial charge in [-0.05, 0) is 23.3 Å². The van der Waals surface area contributed by atoms with Crippen LogP contribution in [0.2, 0.25) is 0 Å². The highest BCUT2D eigenvalue weighted by molar-refractivity contribution is 9.11. The lowest BCUT2D eigenvalue weighted by Gasteiger charge is -2.04. The van der Waals surface area contributed by atoms with E-state index >= 15 is 0 Å². The summed E-state index contributed by atoms with van der Waals surface area (Å²) in [5.74, 6) is 0. The van der Waals surface area contributed by atoms with Gasteiger partial charge in [0.05, 0.1) is 13.2 Å². The third-order valence-corrected chi connectivity index (χ3v) is 3.61. The van der Waals surface area contributed by atoms with E-state index < -0.39 is 0 Å². The molecule has 0 aliphatic heterocycles. The van der Waals surface area contributed by atoms with E-state index in [4.69, 9.17) is 9.47 Å². The van der Waals surface area contributed by atoms with Crippen LogP contribution < -0.4 is 0 Å². The monoisotopic (exact) mass is 374 g/mol. The van der Waals surface area contributed by atoms with Gasteiger partial charge in [0.15, 0.2) is 0 Å². The molecular formula is C14H16Br2O2. The molecule has 0 amide bonds. The number of halogens is 2. The van der Waals surface area contributed by atoms with Crippen LogP contribution in [0.4, 0.5) is 0 Å². The zero-order valence-electron chi connectivity index (χ0n) is 10.5. The highest BCUT2D eigenvalue weighted by atomic mass is 79.9. The normalized spacial score (nSPS) is 11.8. The minimum atomic E-state index is 0.611. The smallest absolute Gasteiger partial charge is 0.0646 e. The molecule has 0 heterocycles. The summed E-state index contributed by atoms with van der Waals surface area (Å²) < 4.78 is 12.1. The van der Waals surface area contributed by atoms with Crippen LogP contribution >= 0.6 is 31.9 Å². The molecule has 0 saturated heterocycles. The quantitative estimate of drug-likeness (QED) is 0.727. The summed E-state index contributed by atoms with van der Waals surface area (Å²) in [5.41, 5.74) is 2.23. The van der Waals surface area contributed by atoms with Crippen molar-refractivity contribution in [1.29, 1.82) is 0 Å². The van der Waals surface area contributed by atoms with Gasteiger partial charge in [-0.2, -0.15) is 0 Å². The summed E-state index contributed by atoms with van der Waals surface area (Å²) in [5, 5.41) is 0. The van der Waals surface area contributed by atoms with Gasteiger partial charge in [-0.1, -0.05) is 56.2 Å². The van der Waals surface area contributed by atoms with E-state index in [0.29, 0.717) is 13.2 Å². The largest absolute Gasteiger partial charge is 0.381 e. The fourth-order valence-corrected chi connectivity index (χ4v) is 2.36. The Morgan fingerprint density at radius 1 is 0.889 bits per heavy atom. The summed E-state index contributed by atoms with van der Waals surface area (Å²) in [6, 6.07) is 4.14. The lowest BCUT2D eigenvalue weighted by molar-refractivity contribution is 0.234. The number of benzene rings is 1. The fraction of sp³-hybridized carbons (Fsp3) is 0.286. The van der Waals surface area contributed by atoms with Gasteiger partial charge in [-0.15, -0.1) is 0 Å². The number of hydrogen-bond donors (Lipinski definition) is 0. The van der Waals surface area contributed by atoms with Crippen LogP contribution in [0.15, 0.2) is 33.2 Å². The molecule has 0 N–H and O–H groups in total. The molecule has 1 aromatic rings. The van der Waals surface area contributed by atoms with E-state index in [9.17, 15) is 0 Å². The molecule has 98 valence electrons.